The Morgan fingerprint density at radius 2 is 1.82 bits per heavy atom. The monoisotopic (exact) mass is 240 g/mol. The van der Waals surface area contributed by atoms with Crippen LogP contribution in [0.15, 0.2) is 12.2 Å². The second kappa shape index (κ2) is 6.18. The van der Waals surface area contributed by atoms with Crippen LogP contribution in [0.25, 0.3) is 0 Å². The van der Waals surface area contributed by atoms with Gasteiger partial charge in [-0.05, 0) is 19.9 Å². The number of esters is 2. The van der Waals surface area contributed by atoms with Crippen LogP contribution in [-0.4, -0.2) is 30.9 Å². The van der Waals surface area contributed by atoms with E-state index in [0.717, 1.165) is 0 Å². The van der Waals surface area contributed by atoms with Gasteiger partial charge in [0.15, 0.2) is 11.7 Å². The molecule has 0 aromatic heterocycles. The first-order valence-electron chi connectivity index (χ1n) is 5.64. The summed E-state index contributed by atoms with van der Waals surface area (Å²) in [5.74, 6) is -2.82. The summed E-state index contributed by atoms with van der Waals surface area (Å²) in [6.45, 7) is 3.71. The van der Waals surface area contributed by atoms with Gasteiger partial charge in [0.05, 0.1) is 13.2 Å². The molecule has 5 nitrogen and oxygen atoms in total. The van der Waals surface area contributed by atoms with Crippen LogP contribution in [0.5, 0.6) is 0 Å². The molecular formula is C12H16O5. The molecule has 1 aliphatic rings. The largest absolute Gasteiger partial charge is 0.465 e. The minimum absolute atomic E-state index is 0.0893. The van der Waals surface area contributed by atoms with Crippen molar-refractivity contribution in [3.05, 3.63) is 12.2 Å². The van der Waals surface area contributed by atoms with Crippen LogP contribution < -0.4 is 0 Å². The van der Waals surface area contributed by atoms with Gasteiger partial charge in [0, 0.05) is 12.3 Å². The van der Waals surface area contributed by atoms with E-state index < -0.39 is 23.8 Å². The Morgan fingerprint density at radius 1 is 1.29 bits per heavy atom. The van der Waals surface area contributed by atoms with E-state index in [1.54, 1.807) is 19.9 Å². The summed E-state index contributed by atoms with van der Waals surface area (Å²) >= 11 is 0. The predicted octanol–water partition coefficient (Wildman–Crippen LogP) is 0.874. The van der Waals surface area contributed by atoms with Crippen LogP contribution in [-0.2, 0) is 23.9 Å². The summed E-state index contributed by atoms with van der Waals surface area (Å²) in [5.41, 5.74) is 0. The van der Waals surface area contributed by atoms with Crippen molar-refractivity contribution < 1.29 is 23.9 Å². The molecule has 1 atom stereocenters. The number of allylic oxidation sites excluding steroid dienone is 2. The fourth-order valence-electron chi connectivity index (χ4n) is 1.74. The lowest BCUT2D eigenvalue weighted by atomic mass is 9.92. The Hall–Kier alpha value is -1.65. The lowest BCUT2D eigenvalue weighted by Crippen LogP contribution is -2.33. The Bertz CT molecular complexity index is 327. The number of carbonyl (C=O) groups is 3. The molecule has 0 saturated heterocycles. The van der Waals surface area contributed by atoms with Gasteiger partial charge in [-0.2, -0.15) is 0 Å². The van der Waals surface area contributed by atoms with Crippen molar-refractivity contribution in [2.24, 2.45) is 11.8 Å². The summed E-state index contributed by atoms with van der Waals surface area (Å²) in [5, 5.41) is 0. The molecule has 1 rings (SSSR count). The number of carbonyl (C=O) groups excluding carboxylic acids is 3. The third-order valence-electron chi connectivity index (χ3n) is 2.48. The van der Waals surface area contributed by atoms with E-state index in [0.29, 0.717) is 0 Å². The minimum Gasteiger partial charge on any atom is -0.465 e. The molecule has 0 fully saturated rings. The molecule has 94 valence electrons. The van der Waals surface area contributed by atoms with E-state index in [-0.39, 0.29) is 25.4 Å². The average molecular weight is 240 g/mol. The zero-order valence-electron chi connectivity index (χ0n) is 9.97. The molecule has 5 heteroatoms. The van der Waals surface area contributed by atoms with E-state index in [1.165, 1.54) is 6.08 Å². The predicted molar refractivity (Wildman–Crippen MR) is 59.0 cm³/mol. The maximum atomic E-state index is 11.7. The summed E-state index contributed by atoms with van der Waals surface area (Å²) in [4.78, 5) is 34.5. The van der Waals surface area contributed by atoms with Gasteiger partial charge in [0.2, 0.25) is 0 Å². The highest BCUT2D eigenvalue weighted by Gasteiger charge is 2.38. The minimum atomic E-state index is -1.03. The molecule has 0 amide bonds. The quantitative estimate of drug-likeness (QED) is 0.527. The Balaban J connectivity index is 2.78. The van der Waals surface area contributed by atoms with Gasteiger partial charge in [-0.3, -0.25) is 14.4 Å². The zero-order valence-corrected chi connectivity index (χ0v) is 9.97. The van der Waals surface area contributed by atoms with Gasteiger partial charge >= 0.3 is 11.9 Å². The van der Waals surface area contributed by atoms with Crippen molar-refractivity contribution in [3.63, 3.8) is 0 Å². The molecule has 1 aliphatic carbocycles. The van der Waals surface area contributed by atoms with Crippen molar-refractivity contribution in [1.82, 2.24) is 0 Å². The molecule has 0 unspecified atom stereocenters. The number of hydrogen-bond donors (Lipinski definition) is 0. The van der Waals surface area contributed by atoms with E-state index >= 15 is 0 Å². The number of hydrogen-bond acceptors (Lipinski definition) is 5. The van der Waals surface area contributed by atoms with Crippen molar-refractivity contribution in [2.45, 2.75) is 20.3 Å². The summed E-state index contributed by atoms with van der Waals surface area (Å²) in [7, 11) is 0. The summed E-state index contributed by atoms with van der Waals surface area (Å²) in [6, 6.07) is 0. The van der Waals surface area contributed by atoms with Crippen LogP contribution in [0.4, 0.5) is 0 Å². The summed E-state index contributed by atoms with van der Waals surface area (Å²) < 4.78 is 9.67. The highest BCUT2D eigenvalue weighted by atomic mass is 16.6. The fourth-order valence-corrected chi connectivity index (χ4v) is 1.74. The number of ketones is 1. The molecule has 17 heavy (non-hydrogen) atoms. The first kappa shape index (κ1) is 13.4. The van der Waals surface area contributed by atoms with Crippen molar-refractivity contribution >= 4 is 17.7 Å². The average Bonchev–Trinajstić information content (AvgIpc) is 2.66. The fraction of sp³-hybridized carbons (Fsp3) is 0.583. The van der Waals surface area contributed by atoms with E-state index in [2.05, 4.69) is 0 Å². The van der Waals surface area contributed by atoms with Crippen molar-refractivity contribution in [1.29, 1.82) is 0 Å². The molecule has 0 bridgehead atoms. The first-order chi connectivity index (χ1) is 8.10. The topological polar surface area (TPSA) is 69.7 Å². The maximum absolute atomic E-state index is 11.7. The number of ether oxygens (including phenoxy) is 2. The lowest BCUT2D eigenvalue weighted by molar-refractivity contribution is -0.163. The van der Waals surface area contributed by atoms with Crippen LogP contribution >= 0.6 is 0 Å². The maximum Gasteiger partial charge on any atom is 0.320 e. The van der Waals surface area contributed by atoms with Gasteiger partial charge < -0.3 is 9.47 Å². The Labute approximate surface area is 99.8 Å². The molecule has 0 saturated carbocycles. The van der Waals surface area contributed by atoms with Gasteiger partial charge in [-0.25, -0.2) is 0 Å². The van der Waals surface area contributed by atoms with E-state index in [1.807, 2.05) is 0 Å². The smallest absolute Gasteiger partial charge is 0.320 e. The zero-order chi connectivity index (χ0) is 12.8. The normalized spacial score (nSPS) is 18.5. The van der Waals surface area contributed by atoms with E-state index in [9.17, 15) is 14.4 Å². The van der Waals surface area contributed by atoms with Crippen molar-refractivity contribution in [3.8, 4) is 0 Å². The molecular weight excluding hydrogens is 224 g/mol. The lowest BCUT2D eigenvalue weighted by Gasteiger charge is -2.18. The van der Waals surface area contributed by atoms with Gasteiger partial charge in [0.1, 0.15) is 0 Å². The van der Waals surface area contributed by atoms with Gasteiger partial charge in [0.25, 0.3) is 0 Å². The SMILES string of the molecule is CCOC(=O)C(C(=O)OCC)[C@@H]1C=CC(=O)C1. The molecule has 0 heterocycles. The molecule has 0 spiro atoms. The third-order valence-corrected chi connectivity index (χ3v) is 2.48. The molecule has 0 radical (unpaired) electrons. The second-order valence-electron chi connectivity index (χ2n) is 3.68. The van der Waals surface area contributed by atoms with Crippen molar-refractivity contribution in [2.75, 3.05) is 13.2 Å². The highest BCUT2D eigenvalue weighted by Crippen LogP contribution is 2.25. The molecule has 0 N–H and O–H groups in total. The third kappa shape index (κ3) is 3.41. The van der Waals surface area contributed by atoms with Gasteiger partial charge in [-0.15, -0.1) is 0 Å². The van der Waals surface area contributed by atoms with Crippen LogP contribution in [0.2, 0.25) is 0 Å². The molecule has 0 aromatic carbocycles. The van der Waals surface area contributed by atoms with Crippen LogP contribution in [0.1, 0.15) is 20.3 Å². The standard InChI is InChI=1S/C12H16O5/c1-3-16-11(14)10(12(15)17-4-2)8-5-6-9(13)7-8/h5-6,8,10H,3-4,7H2,1-2H3/t8-/m1/s1. The van der Waals surface area contributed by atoms with Crippen LogP contribution in [0, 0.1) is 11.8 Å². The van der Waals surface area contributed by atoms with Crippen LogP contribution in [0.3, 0.4) is 0 Å². The molecule has 0 aliphatic heterocycles. The number of rotatable bonds is 5. The van der Waals surface area contributed by atoms with E-state index in [4.69, 9.17) is 9.47 Å². The Morgan fingerprint density at radius 3 is 2.18 bits per heavy atom. The van der Waals surface area contributed by atoms with Gasteiger partial charge in [-0.1, -0.05) is 6.08 Å². The first-order valence-corrected chi connectivity index (χ1v) is 5.64. The Kier molecular flexibility index (Phi) is 4.87. The second-order valence-corrected chi connectivity index (χ2v) is 3.68. The highest BCUT2D eigenvalue weighted by molar-refractivity contribution is 5.99. The molecule has 0 aromatic rings. The summed E-state index contributed by atoms with van der Waals surface area (Å²) in [6.07, 6.45) is 3.11.